The molecule has 5 N–H and O–H groups in total. The molecule has 10 heteroatoms. The molecule has 0 fully saturated rings. The maximum Gasteiger partial charge on any atom is 0.251 e. The third kappa shape index (κ3) is 4.29. The fourth-order valence-corrected chi connectivity index (χ4v) is 2.29. The van der Waals surface area contributed by atoms with Crippen LogP contribution in [0.15, 0.2) is 30.3 Å². The van der Waals surface area contributed by atoms with Crippen LogP contribution < -0.4 is 16.4 Å². The van der Waals surface area contributed by atoms with E-state index in [4.69, 9.17) is 5.73 Å². The Bertz CT molecular complexity index is 875. The van der Waals surface area contributed by atoms with E-state index in [-0.39, 0.29) is 24.4 Å². The Morgan fingerprint density at radius 2 is 2.00 bits per heavy atom. The lowest BCUT2D eigenvalue weighted by atomic mass is 10.1. The van der Waals surface area contributed by atoms with Crippen molar-refractivity contribution in [3.8, 4) is 11.3 Å². The van der Waals surface area contributed by atoms with Gasteiger partial charge in [-0.1, -0.05) is 17.3 Å². The van der Waals surface area contributed by atoms with Crippen molar-refractivity contribution in [1.29, 1.82) is 0 Å². The lowest BCUT2D eigenvalue weighted by Gasteiger charge is -2.11. The van der Waals surface area contributed by atoms with Crippen LogP contribution in [0.5, 0.6) is 0 Å². The van der Waals surface area contributed by atoms with E-state index in [1.54, 1.807) is 12.1 Å². The van der Waals surface area contributed by atoms with Crippen LogP contribution >= 0.6 is 0 Å². The van der Waals surface area contributed by atoms with Gasteiger partial charge in [0.05, 0.1) is 12.2 Å². The molecule has 0 aliphatic rings. The topological polar surface area (TPSA) is 147 Å². The van der Waals surface area contributed by atoms with E-state index >= 15 is 0 Å². The van der Waals surface area contributed by atoms with Crippen LogP contribution in [0, 0.1) is 0 Å². The van der Waals surface area contributed by atoms with Crippen LogP contribution in [0.3, 0.4) is 0 Å². The highest BCUT2D eigenvalue weighted by Gasteiger charge is 2.09. The summed E-state index contributed by atoms with van der Waals surface area (Å²) in [6, 6.07) is 9.10. The van der Waals surface area contributed by atoms with Gasteiger partial charge < -0.3 is 16.4 Å². The van der Waals surface area contributed by atoms with Gasteiger partial charge in [0.15, 0.2) is 5.82 Å². The Morgan fingerprint density at radius 1 is 1.23 bits per heavy atom. The molecule has 1 aromatic carbocycles. The molecule has 2 aromatic heterocycles. The summed E-state index contributed by atoms with van der Waals surface area (Å²) < 4.78 is 0. The standard InChI is InChI=1S/C16H19N9O/c1-9(2)19-13-7-12(20-16(17)21-13)10-3-5-11(6-4-10)15(26)18-8-14-22-24-25-23-14/h3-7,9H,8H2,1-2H3,(H,18,26)(H3,17,19,20,21)(H,22,23,24,25). The fourth-order valence-electron chi connectivity index (χ4n) is 2.29. The molecule has 134 valence electrons. The van der Waals surface area contributed by atoms with Crippen molar-refractivity contribution >= 4 is 17.7 Å². The van der Waals surface area contributed by atoms with Crippen molar-refractivity contribution in [1.82, 2.24) is 35.9 Å². The molecule has 0 aliphatic carbocycles. The number of nitrogen functional groups attached to an aromatic ring is 1. The molecule has 0 unspecified atom stereocenters. The van der Waals surface area contributed by atoms with Crippen LogP contribution in [-0.2, 0) is 6.54 Å². The van der Waals surface area contributed by atoms with Crippen molar-refractivity contribution < 1.29 is 4.79 Å². The molecular weight excluding hydrogens is 334 g/mol. The second-order valence-corrected chi connectivity index (χ2v) is 5.88. The number of aromatic amines is 1. The highest BCUT2D eigenvalue weighted by molar-refractivity contribution is 5.94. The second kappa shape index (κ2) is 7.55. The first-order valence-corrected chi connectivity index (χ1v) is 8.03. The Hall–Kier alpha value is -3.56. The molecule has 26 heavy (non-hydrogen) atoms. The number of H-pyrrole nitrogens is 1. The number of tetrazole rings is 1. The van der Waals surface area contributed by atoms with Gasteiger partial charge in [0.2, 0.25) is 5.95 Å². The van der Waals surface area contributed by atoms with Crippen molar-refractivity contribution in [3.63, 3.8) is 0 Å². The zero-order valence-electron chi connectivity index (χ0n) is 14.4. The van der Waals surface area contributed by atoms with Crippen LogP contribution in [0.1, 0.15) is 30.0 Å². The lowest BCUT2D eigenvalue weighted by molar-refractivity contribution is 0.0950. The molecule has 0 atom stereocenters. The molecule has 0 spiro atoms. The predicted molar refractivity (Wildman–Crippen MR) is 96.0 cm³/mol. The van der Waals surface area contributed by atoms with E-state index in [9.17, 15) is 4.79 Å². The average molecular weight is 353 g/mol. The monoisotopic (exact) mass is 353 g/mol. The first-order chi connectivity index (χ1) is 12.5. The Morgan fingerprint density at radius 3 is 2.65 bits per heavy atom. The number of nitrogens with two attached hydrogens (primary N) is 1. The summed E-state index contributed by atoms with van der Waals surface area (Å²) in [7, 11) is 0. The van der Waals surface area contributed by atoms with Gasteiger partial charge in [0.25, 0.3) is 5.91 Å². The number of hydrogen-bond donors (Lipinski definition) is 4. The largest absolute Gasteiger partial charge is 0.368 e. The number of benzene rings is 1. The van der Waals surface area contributed by atoms with Crippen molar-refractivity contribution in [3.05, 3.63) is 41.7 Å². The number of nitrogens with one attached hydrogen (secondary N) is 3. The highest BCUT2D eigenvalue weighted by Crippen LogP contribution is 2.21. The maximum absolute atomic E-state index is 12.2. The van der Waals surface area contributed by atoms with E-state index in [2.05, 4.69) is 41.2 Å². The zero-order chi connectivity index (χ0) is 18.5. The maximum atomic E-state index is 12.2. The molecule has 2 heterocycles. The summed E-state index contributed by atoms with van der Waals surface area (Å²) in [5.41, 5.74) is 7.82. The number of rotatable bonds is 6. The number of hydrogen-bond acceptors (Lipinski definition) is 8. The first kappa shape index (κ1) is 17.3. The Labute approximate surface area is 149 Å². The number of carbonyl (C=O) groups is 1. The van der Waals surface area contributed by atoms with Crippen LogP contribution in [-0.4, -0.2) is 42.5 Å². The van der Waals surface area contributed by atoms with Crippen LogP contribution in [0.25, 0.3) is 11.3 Å². The molecular formula is C16H19N9O. The molecule has 1 amide bonds. The number of anilines is 2. The van der Waals surface area contributed by atoms with Gasteiger partial charge in [-0.2, -0.15) is 10.2 Å². The summed E-state index contributed by atoms with van der Waals surface area (Å²) >= 11 is 0. The van der Waals surface area contributed by atoms with E-state index < -0.39 is 0 Å². The Balaban J connectivity index is 1.72. The quantitative estimate of drug-likeness (QED) is 0.513. The van der Waals surface area contributed by atoms with Crippen molar-refractivity contribution in [2.75, 3.05) is 11.1 Å². The molecule has 3 rings (SSSR count). The number of amides is 1. The third-order valence-corrected chi connectivity index (χ3v) is 3.42. The van der Waals surface area contributed by atoms with Crippen LogP contribution in [0.4, 0.5) is 11.8 Å². The summed E-state index contributed by atoms with van der Waals surface area (Å²) in [5, 5.41) is 19.2. The van der Waals surface area contributed by atoms with Crippen molar-refractivity contribution in [2.24, 2.45) is 0 Å². The van der Waals surface area contributed by atoms with Gasteiger partial charge in [-0.3, -0.25) is 4.79 Å². The van der Waals surface area contributed by atoms with E-state index in [1.807, 2.05) is 32.0 Å². The number of aromatic nitrogens is 6. The minimum Gasteiger partial charge on any atom is -0.368 e. The highest BCUT2D eigenvalue weighted by atomic mass is 16.1. The molecule has 0 radical (unpaired) electrons. The van der Waals surface area contributed by atoms with Crippen molar-refractivity contribution in [2.45, 2.75) is 26.4 Å². The third-order valence-electron chi connectivity index (χ3n) is 3.42. The number of nitrogens with zero attached hydrogens (tertiary/aromatic N) is 5. The predicted octanol–water partition coefficient (Wildman–Crippen LogP) is 0.989. The second-order valence-electron chi connectivity index (χ2n) is 5.88. The average Bonchev–Trinajstić information content (AvgIpc) is 3.12. The molecule has 0 bridgehead atoms. The van der Waals surface area contributed by atoms with E-state index in [0.29, 0.717) is 22.9 Å². The summed E-state index contributed by atoms with van der Waals surface area (Å²) in [6.07, 6.45) is 0. The zero-order valence-corrected chi connectivity index (χ0v) is 14.4. The molecule has 0 aliphatic heterocycles. The summed E-state index contributed by atoms with van der Waals surface area (Å²) in [5.74, 6) is 1.03. The minimum atomic E-state index is -0.231. The first-order valence-electron chi connectivity index (χ1n) is 8.03. The van der Waals surface area contributed by atoms with E-state index in [0.717, 1.165) is 5.56 Å². The van der Waals surface area contributed by atoms with Gasteiger partial charge in [0, 0.05) is 23.2 Å². The molecule has 0 saturated heterocycles. The summed E-state index contributed by atoms with van der Waals surface area (Å²) in [4.78, 5) is 20.6. The molecule has 10 nitrogen and oxygen atoms in total. The number of carbonyl (C=O) groups excluding carboxylic acids is 1. The normalized spacial score (nSPS) is 10.7. The minimum absolute atomic E-state index is 0.188. The van der Waals surface area contributed by atoms with Gasteiger partial charge >= 0.3 is 0 Å². The summed E-state index contributed by atoms with van der Waals surface area (Å²) in [6.45, 7) is 4.23. The van der Waals surface area contributed by atoms with Gasteiger partial charge in [-0.25, -0.2) is 4.98 Å². The van der Waals surface area contributed by atoms with Gasteiger partial charge in [0.1, 0.15) is 5.82 Å². The van der Waals surface area contributed by atoms with Crippen LogP contribution in [0.2, 0.25) is 0 Å². The molecule has 0 saturated carbocycles. The molecule has 3 aromatic rings. The Kier molecular flexibility index (Phi) is 5.02. The van der Waals surface area contributed by atoms with E-state index in [1.165, 1.54) is 0 Å². The van der Waals surface area contributed by atoms with Gasteiger partial charge in [-0.15, -0.1) is 10.2 Å². The fraction of sp³-hybridized carbons (Fsp3) is 0.250. The smallest absolute Gasteiger partial charge is 0.251 e. The lowest BCUT2D eigenvalue weighted by Crippen LogP contribution is -2.23. The SMILES string of the molecule is CC(C)Nc1cc(-c2ccc(C(=O)NCc3nn[nH]n3)cc2)nc(N)n1. The van der Waals surface area contributed by atoms with Gasteiger partial charge in [-0.05, 0) is 26.0 Å².